The molecule has 26 heavy (non-hydrogen) atoms. The Morgan fingerprint density at radius 2 is 2.12 bits per heavy atom. The van der Waals surface area contributed by atoms with Crippen LogP contribution >= 0.6 is 34.7 Å². The molecule has 136 valence electrons. The molecule has 2 aromatic heterocycles. The fourth-order valence-electron chi connectivity index (χ4n) is 2.36. The number of halogens is 1. The predicted molar refractivity (Wildman–Crippen MR) is 113 cm³/mol. The first-order chi connectivity index (χ1) is 12.4. The summed E-state index contributed by atoms with van der Waals surface area (Å²) in [5.41, 5.74) is 7.57. The van der Waals surface area contributed by atoms with Crippen LogP contribution in [0.1, 0.15) is 19.7 Å². The van der Waals surface area contributed by atoms with Crippen molar-refractivity contribution in [1.82, 2.24) is 9.97 Å². The van der Waals surface area contributed by atoms with Crippen LogP contribution in [0.15, 0.2) is 39.4 Å². The number of nitrogens with zero attached hydrogens (tertiary/aromatic N) is 2. The minimum Gasteiger partial charge on any atom is -0.379 e. The van der Waals surface area contributed by atoms with Crippen LogP contribution in [0.2, 0.25) is 5.02 Å². The summed E-state index contributed by atoms with van der Waals surface area (Å²) in [6.07, 6.45) is 0. The van der Waals surface area contributed by atoms with Crippen LogP contribution in [-0.2, 0) is 5.75 Å². The Bertz CT molecular complexity index is 993. The minimum atomic E-state index is -0.144. The fourth-order valence-corrected chi connectivity index (χ4v) is 4.04. The third kappa shape index (κ3) is 4.47. The lowest BCUT2D eigenvalue weighted by Gasteiger charge is -2.04. The highest BCUT2D eigenvalue weighted by Gasteiger charge is 2.13. The number of rotatable bonds is 5. The molecule has 0 amide bonds. The maximum Gasteiger partial charge on any atom is 0.260 e. The summed E-state index contributed by atoms with van der Waals surface area (Å²) in [5.74, 6) is 1.54. The number of fused-ring (bicyclic) bond motifs is 1. The van der Waals surface area contributed by atoms with E-state index in [0.29, 0.717) is 44.4 Å². The second kappa shape index (κ2) is 8.24. The van der Waals surface area contributed by atoms with Crippen molar-refractivity contribution in [1.29, 1.82) is 0 Å². The van der Waals surface area contributed by atoms with Gasteiger partial charge in [-0.05, 0) is 23.6 Å². The first kappa shape index (κ1) is 18.9. The quantitative estimate of drug-likeness (QED) is 0.482. The van der Waals surface area contributed by atoms with Gasteiger partial charge < -0.3 is 10.7 Å². The molecule has 3 N–H and O–H groups in total. The molecule has 0 unspecified atom stereocenters. The Labute approximate surface area is 164 Å². The second-order valence-electron chi connectivity index (χ2n) is 6.21. The third-order valence-electron chi connectivity index (χ3n) is 3.62. The zero-order valence-electron chi connectivity index (χ0n) is 14.5. The fraction of sp³-hybridized carbons (Fsp3) is 0.278. The number of thioether (sulfide) groups is 1. The second-order valence-corrected chi connectivity index (χ2v) is 8.50. The van der Waals surface area contributed by atoms with E-state index in [1.165, 1.54) is 23.1 Å². The Hall–Kier alpha value is -1.83. The van der Waals surface area contributed by atoms with Crippen molar-refractivity contribution in [2.45, 2.75) is 19.6 Å². The molecule has 0 radical (unpaired) electrons. The molecule has 0 saturated heterocycles. The van der Waals surface area contributed by atoms with Gasteiger partial charge in [-0.1, -0.05) is 49.3 Å². The molecular formula is C18H19ClN4OS2. The van der Waals surface area contributed by atoms with Gasteiger partial charge in [-0.25, -0.2) is 4.98 Å². The van der Waals surface area contributed by atoms with Crippen molar-refractivity contribution in [2.24, 2.45) is 16.6 Å². The van der Waals surface area contributed by atoms with E-state index in [1.807, 2.05) is 29.6 Å². The lowest BCUT2D eigenvalue weighted by molar-refractivity contribution is 0.666. The Balaban J connectivity index is 1.85. The average molecular weight is 407 g/mol. The Kier molecular flexibility index (Phi) is 6.01. The number of amidine groups is 1. The number of aromatic nitrogens is 2. The number of aromatic amines is 1. The van der Waals surface area contributed by atoms with Crippen LogP contribution in [-0.4, -0.2) is 21.7 Å². The lowest BCUT2D eigenvalue weighted by Crippen LogP contribution is -2.13. The van der Waals surface area contributed by atoms with E-state index in [9.17, 15) is 4.79 Å². The van der Waals surface area contributed by atoms with Gasteiger partial charge in [0.05, 0.1) is 11.1 Å². The summed E-state index contributed by atoms with van der Waals surface area (Å²) in [6, 6.07) is 7.43. The zero-order valence-corrected chi connectivity index (χ0v) is 16.8. The molecule has 0 aliphatic carbocycles. The summed E-state index contributed by atoms with van der Waals surface area (Å²) < 4.78 is 0. The van der Waals surface area contributed by atoms with E-state index in [-0.39, 0.29) is 5.56 Å². The van der Waals surface area contributed by atoms with Crippen molar-refractivity contribution < 1.29 is 0 Å². The van der Waals surface area contributed by atoms with Crippen molar-refractivity contribution in [3.8, 4) is 11.1 Å². The van der Waals surface area contributed by atoms with Crippen molar-refractivity contribution >= 4 is 50.1 Å². The van der Waals surface area contributed by atoms with E-state index in [2.05, 4.69) is 28.8 Å². The number of nitrogens with one attached hydrogen (secondary N) is 1. The van der Waals surface area contributed by atoms with Crippen LogP contribution in [0.4, 0.5) is 0 Å². The van der Waals surface area contributed by atoms with Crippen LogP contribution < -0.4 is 11.3 Å². The van der Waals surface area contributed by atoms with Crippen LogP contribution in [0.3, 0.4) is 0 Å². The van der Waals surface area contributed by atoms with E-state index < -0.39 is 0 Å². The van der Waals surface area contributed by atoms with Gasteiger partial charge in [0.1, 0.15) is 10.7 Å². The molecule has 3 aromatic rings. The lowest BCUT2D eigenvalue weighted by atomic mass is 10.1. The number of aliphatic imine (C=N–C) groups is 1. The monoisotopic (exact) mass is 406 g/mol. The van der Waals surface area contributed by atoms with Gasteiger partial charge in [0, 0.05) is 22.5 Å². The zero-order chi connectivity index (χ0) is 18.7. The van der Waals surface area contributed by atoms with Crippen molar-refractivity contribution in [3.05, 3.63) is 50.8 Å². The molecule has 3 rings (SSSR count). The molecule has 5 nitrogen and oxygen atoms in total. The molecule has 8 heteroatoms. The van der Waals surface area contributed by atoms with E-state index >= 15 is 0 Å². The Morgan fingerprint density at radius 3 is 2.81 bits per heavy atom. The van der Waals surface area contributed by atoms with Gasteiger partial charge in [0.2, 0.25) is 0 Å². The normalized spacial score (nSPS) is 12.2. The number of hydrogen-bond acceptors (Lipinski definition) is 5. The summed E-state index contributed by atoms with van der Waals surface area (Å²) in [4.78, 5) is 25.0. The van der Waals surface area contributed by atoms with Gasteiger partial charge in [-0.15, -0.1) is 11.3 Å². The average Bonchev–Trinajstić information content (AvgIpc) is 3.03. The number of nitrogens with two attached hydrogens (primary N) is 1. The Morgan fingerprint density at radius 1 is 1.38 bits per heavy atom. The standard InChI is InChI=1S/C18H19ClN4OS2/c1-10(2)7-21-18(20)26-9-14-22-16(24)15-13(8-25-17(15)23-14)11-3-5-12(19)6-4-11/h3-6,8,10H,7,9H2,1-2H3,(H2,20,21)(H,22,23,24). The molecule has 0 saturated carbocycles. The molecule has 2 heterocycles. The van der Waals surface area contributed by atoms with Crippen molar-refractivity contribution in [3.63, 3.8) is 0 Å². The van der Waals surface area contributed by atoms with E-state index in [1.54, 1.807) is 0 Å². The summed E-state index contributed by atoms with van der Waals surface area (Å²) in [5, 5.41) is 3.73. The first-order valence-electron chi connectivity index (χ1n) is 8.13. The molecule has 0 fully saturated rings. The predicted octanol–water partition coefficient (Wildman–Crippen LogP) is 4.51. The maximum absolute atomic E-state index is 12.6. The highest BCUT2D eigenvalue weighted by Crippen LogP contribution is 2.31. The summed E-state index contributed by atoms with van der Waals surface area (Å²) >= 11 is 8.78. The minimum absolute atomic E-state index is 0.144. The van der Waals surface area contributed by atoms with E-state index in [4.69, 9.17) is 17.3 Å². The van der Waals surface area contributed by atoms with E-state index in [0.717, 1.165) is 11.1 Å². The molecule has 0 atom stereocenters. The maximum atomic E-state index is 12.6. The number of H-pyrrole nitrogens is 1. The number of thiophene rings is 1. The highest BCUT2D eigenvalue weighted by molar-refractivity contribution is 8.13. The van der Waals surface area contributed by atoms with Crippen LogP contribution in [0.5, 0.6) is 0 Å². The summed E-state index contributed by atoms with van der Waals surface area (Å²) in [7, 11) is 0. The van der Waals surface area contributed by atoms with Gasteiger partial charge in [0.25, 0.3) is 5.56 Å². The first-order valence-corrected chi connectivity index (χ1v) is 10.4. The summed E-state index contributed by atoms with van der Waals surface area (Å²) in [6.45, 7) is 4.87. The largest absolute Gasteiger partial charge is 0.379 e. The van der Waals surface area contributed by atoms with Crippen LogP contribution in [0.25, 0.3) is 21.3 Å². The van der Waals surface area contributed by atoms with Gasteiger partial charge >= 0.3 is 0 Å². The van der Waals surface area contributed by atoms with Gasteiger partial charge in [-0.3, -0.25) is 9.79 Å². The van der Waals surface area contributed by atoms with Gasteiger partial charge in [-0.2, -0.15) is 0 Å². The third-order valence-corrected chi connectivity index (χ3v) is 5.58. The topological polar surface area (TPSA) is 84.1 Å². The van der Waals surface area contributed by atoms with Gasteiger partial charge in [0.15, 0.2) is 5.17 Å². The molecule has 0 aliphatic rings. The molecule has 0 spiro atoms. The number of hydrogen-bond donors (Lipinski definition) is 2. The van der Waals surface area contributed by atoms with Crippen LogP contribution in [0, 0.1) is 5.92 Å². The SMILES string of the molecule is CC(C)CN=C(N)SCc1nc2scc(-c3ccc(Cl)cc3)c2c(=O)[nH]1. The number of benzene rings is 1. The van der Waals surface area contributed by atoms with Crippen molar-refractivity contribution in [2.75, 3.05) is 6.54 Å². The molecule has 0 aliphatic heterocycles. The molecule has 0 bridgehead atoms. The molecular weight excluding hydrogens is 388 g/mol. The highest BCUT2D eigenvalue weighted by atomic mass is 35.5. The smallest absolute Gasteiger partial charge is 0.260 e. The molecule has 1 aromatic carbocycles.